The van der Waals surface area contributed by atoms with Crippen LogP contribution >= 0.6 is 0 Å². The van der Waals surface area contributed by atoms with Crippen molar-refractivity contribution >= 4 is 9.84 Å². The van der Waals surface area contributed by atoms with Gasteiger partial charge in [-0.25, -0.2) is 8.42 Å². The summed E-state index contributed by atoms with van der Waals surface area (Å²) in [6.45, 7) is 1.96. The van der Waals surface area contributed by atoms with Gasteiger partial charge in [0.2, 0.25) is 9.84 Å². The van der Waals surface area contributed by atoms with Gasteiger partial charge in [0.05, 0.1) is 16.9 Å². The summed E-state index contributed by atoms with van der Waals surface area (Å²) in [5.74, 6) is 0.791. The number of hydrogen-bond donors (Lipinski definition) is 0. The van der Waals surface area contributed by atoms with Gasteiger partial charge in [0, 0.05) is 0 Å². The van der Waals surface area contributed by atoms with Crippen molar-refractivity contribution in [1.82, 2.24) is 0 Å². The maximum Gasteiger partial charge on any atom is 0.206 e. The largest absolute Gasteiger partial charge is 0.497 e. The summed E-state index contributed by atoms with van der Waals surface area (Å²) in [5.41, 5.74) is 2.81. The minimum absolute atomic E-state index is 0.311. The molecule has 0 spiro atoms. The molecule has 0 bridgehead atoms. The number of sulfone groups is 1. The smallest absolute Gasteiger partial charge is 0.206 e. The highest BCUT2D eigenvalue weighted by molar-refractivity contribution is 7.91. The quantitative estimate of drug-likeness (QED) is 0.665. The Morgan fingerprint density at radius 2 is 1.36 bits per heavy atom. The van der Waals surface area contributed by atoms with Gasteiger partial charge in [-0.15, -0.1) is 0 Å². The Bertz CT molecular complexity index is 957. The van der Waals surface area contributed by atoms with Crippen LogP contribution in [0, 0.1) is 0 Å². The van der Waals surface area contributed by atoms with Crippen LogP contribution in [0.3, 0.4) is 0 Å². The topological polar surface area (TPSA) is 43.4 Å². The molecular weight excluding hydrogens is 332 g/mol. The Morgan fingerprint density at radius 3 is 1.92 bits per heavy atom. The van der Waals surface area contributed by atoms with Gasteiger partial charge in [0.25, 0.3) is 0 Å². The van der Waals surface area contributed by atoms with Crippen LogP contribution in [0.4, 0.5) is 0 Å². The van der Waals surface area contributed by atoms with Crippen LogP contribution in [0.5, 0.6) is 5.75 Å². The highest BCUT2D eigenvalue weighted by Gasteiger charge is 2.20. The zero-order valence-electron chi connectivity index (χ0n) is 14.3. The average molecular weight is 352 g/mol. The number of rotatable bonds is 5. The van der Waals surface area contributed by atoms with Gasteiger partial charge in [0.15, 0.2) is 0 Å². The van der Waals surface area contributed by atoms with E-state index in [1.807, 2.05) is 55.5 Å². The minimum Gasteiger partial charge on any atom is -0.497 e. The first-order valence-corrected chi connectivity index (χ1v) is 9.62. The summed E-state index contributed by atoms with van der Waals surface area (Å²) in [6.07, 6.45) is 0.680. The van der Waals surface area contributed by atoms with Crippen LogP contribution in [0.15, 0.2) is 82.6 Å². The minimum atomic E-state index is -3.51. The molecule has 0 aromatic heterocycles. The normalized spacial score (nSPS) is 11.3. The van der Waals surface area contributed by atoms with Crippen molar-refractivity contribution in [2.45, 2.75) is 23.1 Å². The molecule has 0 saturated carbocycles. The van der Waals surface area contributed by atoms with Gasteiger partial charge < -0.3 is 4.74 Å². The second-order valence-corrected chi connectivity index (χ2v) is 7.64. The van der Waals surface area contributed by atoms with E-state index in [0.29, 0.717) is 16.2 Å². The standard InChI is InChI=1S/C21H20O3S/c1-3-16-6-4-5-7-21(16)25(22,23)20-14-10-18(11-15-20)17-8-12-19(24-2)13-9-17/h4-15H,3H2,1-2H3. The van der Waals surface area contributed by atoms with Crippen molar-refractivity contribution in [3.05, 3.63) is 78.4 Å². The number of hydrogen-bond acceptors (Lipinski definition) is 3. The molecule has 0 aliphatic carbocycles. The first kappa shape index (κ1) is 17.2. The number of ether oxygens (including phenoxy) is 1. The van der Waals surface area contributed by atoms with Gasteiger partial charge in [0.1, 0.15) is 5.75 Å². The van der Waals surface area contributed by atoms with E-state index in [1.165, 1.54) is 0 Å². The fourth-order valence-electron chi connectivity index (χ4n) is 2.80. The van der Waals surface area contributed by atoms with Crippen molar-refractivity contribution < 1.29 is 13.2 Å². The molecule has 0 saturated heterocycles. The maximum atomic E-state index is 12.9. The van der Waals surface area contributed by atoms with Crippen LogP contribution in [0.2, 0.25) is 0 Å². The molecule has 0 atom stereocenters. The fraction of sp³-hybridized carbons (Fsp3) is 0.143. The van der Waals surface area contributed by atoms with Crippen molar-refractivity contribution in [1.29, 1.82) is 0 Å². The van der Waals surface area contributed by atoms with E-state index < -0.39 is 9.84 Å². The average Bonchev–Trinajstić information content (AvgIpc) is 2.68. The molecule has 0 radical (unpaired) electrons. The molecule has 3 nitrogen and oxygen atoms in total. The molecule has 0 aliphatic heterocycles. The number of benzene rings is 3. The molecule has 3 aromatic carbocycles. The van der Waals surface area contributed by atoms with Gasteiger partial charge in [-0.1, -0.05) is 49.4 Å². The van der Waals surface area contributed by atoms with Crippen molar-refractivity contribution in [3.63, 3.8) is 0 Å². The zero-order chi connectivity index (χ0) is 17.9. The van der Waals surface area contributed by atoms with E-state index in [4.69, 9.17) is 4.74 Å². The first-order chi connectivity index (χ1) is 12.1. The predicted octanol–water partition coefficient (Wildman–Crippen LogP) is 4.76. The molecule has 0 aliphatic rings. The molecule has 3 aromatic rings. The fourth-order valence-corrected chi connectivity index (χ4v) is 4.36. The SMILES string of the molecule is CCc1ccccc1S(=O)(=O)c1ccc(-c2ccc(OC)cc2)cc1. The van der Waals surface area contributed by atoms with Crippen LogP contribution in [0.25, 0.3) is 11.1 Å². The van der Waals surface area contributed by atoms with Gasteiger partial charge in [-0.05, 0) is 53.4 Å². The lowest BCUT2D eigenvalue weighted by Crippen LogP contribution is -2.05. The highest BCUT2D eigenvalue weighted by Crippen LogP contribution is 2.28. The van der Waals surface area contributed by atoms with E-state index in [0.717, 1.165) is 22.4 Å². The summed E-state index contributed by atoms with van der Waals surface area (Å²) >= 11 is 0. The molecule has 0 amide bonds. The summed E-state index contributed by atoms with van der Waals surface area (Å²) in [4.78, 5) is 0.695. The molecule has 4 heteroatoms. The molecule has 0 N–H and O–H groups in total. The lowest BCUT2D eigenvalue weighted by Gasteiger charge is -2.10. The molecule has 3 rings (SSSR count). The Kier molecular flexibility index (Phi) is 4.91. The van der Waals surface area contributed by atoms with Gasteiger partial charge >= 0.3 is 0 Å². The third-order valence-corrected chi connectivity index (χ3v) is 6.10. The molecule has 25 heavy (non-hydrogen) atoms. The molecule has 0 fully saturated rings. The van der Waals surface area contributed by atoms with Gasteiger partial charge in [-0.3, -0.25) is 0 Å². The Labute approximate surface area is 148 Å². The summed E-state index contributed by atoms with van der Waals surface area (Å²) in [6, 6.07) is 21.8. The third kappa shape index (κ3) is 3.44. The summed E-state index contributed by atoms with van der Waals surface area (Å²) in [5, 5.41) is 0. The second-order valence-electron chi connectivity index (χ2n) is 5.72. The zero-order valence-corrected chi connectivity index (χ0v) is 15.1. The molecule has 0 unspecified atom stereocenters. The van der Waals surface area contributed by atoms with Crippen LogP contribution in [-0.4, -0.2) is 15.5 Å². The first-order valence-electron chi connectivity index (χ1n) is 8.13. The van der Waals surface area contributed by atoms with Crippen molar-refractivity contribution in [2.75, 3.05) is 7.11 Å². The highest BCUT2D eigenvalue weighted by atomic mass is 32.2. The molecule has 0 heterocycles. The number of aryl methyl sites for hydroxylation is 1. The van der Waals surface area contributed by atoms with Crippen LogP contribution in [0.1, 0.15) is 12.5 Å². The predicted molar refractivity (Wildman–Crippen MR) is 99.7 cm³/mol. The Hall–Kier alpha value is -2.59. The van der Waals surface area contributed by atoms with Crippen molar-refractivity contribution in [2.24, 2.45) is 0 Å². The monoisotopic (exact) mass is 352 g/mol. The lowest BCUT2D eigenvalue weighted by atomic mass is 10.1. The lowest BCUT2D eigenvalue weighted by molar-refractivity contribution is 0.415. The van der Waals surface area contributed by atoms with Crippen LogP contribution < -0.4 is 4.74 Å². The third-order valence-electron chi connectivity index (χ3n) is 4.23. The maximum absolute atomic E-state index is 12.9. The summed E-state index contributed by atoms with van der Waals surface area (Å²) < 4.78 is 31.0. The van der Waals surface area contributed by atoms with Crippen molar-refractivity contribution in [3.8, 4) is 16.9 Å². The van der Waals surface area contributed by atoms with E-state index >= 15 is 0 Å². The van der Waals surface area contributed by atoms with E-state index in [1.54, 1.807) is 31.4 Å². The van der Waals surface area contributed by atoms with Gasteiger partial charge in [-0.2, -0.15) is 0 Å². The second kappa shape index (κ2) is 7.11. The van der Waals surface area contributed by atoms with E-state index in [9.17, 15) is 8.42 Å². The Balaban J connectivity index is 1.96. The molecular formula is C21H20O3S. The Morgan fingerprint density at radius 1 is 0.800 bits per heavy atom. The van der Waals surface area contributed by atoms with E-state index in [-0.39, 0.29) is 0 Å². The number of methoxy groups -OCH3 is 1. The van der Waals surface area contributed by atoms with E-state index in [2.05, 4.69) is 0 Å². The molecule has 128 valence electrons. The summed E-state index contributed by atoms with van der Waals surface area (Å²) in [7, 11) is -1.88. The van der Waals surface area contributed by atoms with Crippen LogP contribution in [-0.2, 0) is 16.3 Å².